The van der Waals surface area contributed by atoms with Gasteiger partial charge >= 0.3 is 0 Å². The summed E-state index contributed by atoms with van der Waals surface area (Å²) in [4.78, 5) is 30.5. The van der Waals surface area contributed by atoms with Gasteiger partial charge in [0.05, 0.1) is 16.8 Å². The van der Waals surface area contributed by atoms with Crippen LogP contribution in [0, 0.1) is 0 Å². The first-order valence-corrected chi connectivity index (χ1v) is 10.8. The fourth-order valence-corrected chi connectivity index (χ4v) is 4.83. The minimum Gasteiger partial charge on any atom is -0.294 e. The Hall–Kier alpha value is -2.65. The normalized spacial score (nSPS) is 11.0. The van der Waals surface area contributed by atoms with Crippen LogP contribution < -0.4 is 16.8 Å². The van der Waals surface area contributed by atoms with Gasteiger partial charge in [0.25, 0.3) is 5.56 Å². The SMILES string of the molecule is NNC(=O)CSc1nc2scc(-c3ccccc3)c2c(=O)n1-c1ccc(Cl)cc1. The number of hydrazine groups is 1. The highest BCUT2D eigenvalue weighted by molar-refractivity contribution is 7.99. The van der Waals surface area contributed by atoms with Crippen molar-refractivity contribution in [3.63, 3.8) is 0 Å². The number of hydrogen-bond donors (Lipinski definition) is 2. The van der Waals surface area contributed by atoms with Crippen LogP contribution in [-0.4, -0.2) is 21.2 Å². The summed E-state index contributed by atoms with van der Waals surface area (Å²) in [6.45, 7) is 0. The molecule has 1 amide bonds. The summed E-state index contributed by atoms with van der Waals surface area (Å²) in [7, 11) is 0. The largest absolute Gasteiger partial charge is 0.294 e. The molecule has 0 saturated heterocycles. The van der Waals surface area contributed by atoms with Crippen LogP contribution in [0.4, 0.5) is 0 Å². The molecule has 9 heteroatoms. The zero-order valence-electron chi connectivity index (χ0n) is 15.0. The summed E-state index contributed by atoms with van der Waals surface area (Å²) in [5, 5.41) is 3.45. The van der Waals surface area contributed by atoms with E-state index in [4.69, 9.17) is 17.4 Å². The zero-order chi connectivity index (χ0) is 20.4. The summed E-state index contributed by atoms with van der Waals surface area (Å²) in [5.41, 5.74) is 4.29. The van der Waals surface area contributed by atoms with E-state index >= 15 is 0 Å². The second-order valence-corrected chi connectivity index (χ2v) is 8.30. The number of fused-ring (bicyclic) bond motifs is 1. The number of thioether (sulfide) groups is 1. The molecule has 0 fully saturated rings. The topological polar surface area (TPSA) is 90.0 Å². The van der Waals surface area contributed by atoms with Crippen molar-refractivity contribution in [1.82, 2.24) is 15.0 Å². The van der Waals surface area contributed by atoms with Gasteiger partial charge in [-0.05, 0) is 29.8 Å². The highest BCUT2D eigenvalue weighted by atomic mass is 35.5. The maximum Gasteiger partial charge on any atom is 0.268 e. The molecule has 146 valence electrons. The summed E-state index contributed by atoms with van der Waals surface area (Å²) in [6.07, 6.45) is 0. The van der Waals surface area contributed by atoms with Crippen molar-refractivity contribution in [2.24, 2.45) is 5.84 Å². The van der Waals surface area contributed by atoms with E-state index in [2.05, 4.69) is 10.4 Å². The molecule has 3 N–H and O–H groups in total. The molecular formula is C20H15ClN4O2S2. The van der Waals surface area contributed by atoms with Crippen LogP contribution in [0.15, 0.2) is 69.9 Å². The third-order valence-electron chi connectivity index (χ3n) is 4.24. The summed E-state index contributed by atoms with van der Waals surface area (Å²) in [5.74, 6) is 4.86. The molecule has 2 aromatic heterocycles. The highest BCUT2D eigenvalue weighted by Crippen LogP contribution is 2.33. The van der Waals surface area contributed by atoms with Crippen LogP contribution in [0.2, 0.25) is 5.02 Å². The van der Waals surface area contributed by atoms with E-state index in [-0.39, 0.29) is 17.2 Å². The Morgan fingerprint density at radius 3 is 2.59 bits per heavy atom. The standard InChI is InChI=1S/C20H15ClN4O2S2/c21-13-6-8-14(9-7-13)25-19(27)17-15(12-4-2-1-3-5-12)10-28-18(17)23-20(25)29-11-16(26)24-22/h1-10H,11,22H2,(H,24,26). The van der Waals surface area contributed by atoms with Crippen molar-refractivity contribution in [1.29, 1.82) is 0 Å². The molecule has 29 heavy (non-hydrogen) atoms. The van der Waals surface area contributed by atoms with Gasteiger partial charge in [-0.3, -0.25) is 19.6 Å². The van der Waals surface area contributed by atoms with Gasteiger partial charge in [-0.25, -0.2) is 10.8 Å². The Balaban J connectivity index is 1.94. The Bertz CT molecular complexity index is 1240. The van der Waals surface area contributed by atoms with Crippen LogP contribution in [0.3, 0.4) is 0 Å². The molecule has 0 aliphatic heterocycles. The quantitative estimate of drug-likeness (QED) is 0.161. The van der Waals surface area contributed by atoms with E-state index in [1.54, 1.807) is 24.3 Å². The molecule has 0 saturated carbocycles. The van der Waals surface area contributed by atoms with Crippen molar-refractivity contribution in [2.75, 3.05) is 5.75 Å². The van der Waals surface area contributed by atoms with Crippen LogP contribution >= 0.6 is 34.7 Å². The number of halogens is 1. The first kappa shape index (κ1) is 19.7. The molecular weight excluding hydrogens is 428 g/mol. The average Bonchev–Trinajstić information content (AvgIpc) is 3.18. The number of thiophene rings is 1. The second kappa shape index (κ2) is 8.38. The van der Waals surface area contributed by atoms with Gasteiger partial charge in [-0.1, -0.05) is 53.7 Å². The number of nitrogens with zero attached hydrogens (tertiary/aromatic N) is 2. The number of carbonyl (C=O) groups is 1. The van der Waals surface area contributed by atoms with E-state index < -0.39 is 0 Å². The minimum atomic E-state index is -0.358. The fourth-order valence-electron chi connectivity index (χ4n) is 2.89. The first-order valence-electron chi connectivity index (χ1n) is 8.56. The molecule has 4 rings (SSSR count). The molecule has 0 atom stereocenters. The third kappa shape index (κ3) is 3.92. The average molecular weight is 443 g/mol. The predicted octanol–water partition coefficient (Wildman–Crippen LogP) is 3.85. The number of benzene rings is 2. The van der Waals surface area contributed by atoms with Crippen LogP contribution in [0.5, 0.6) is 0 Å². The number of nitrogens with two attached hydrogens (primary N) is 1. The molecule has 0 aliphatic rings. The number of amides is 1. The molecule has 0 unspecified atom stereocenters. The number of aromatic nitrogens is 2. The lowest BCUT2D eigenvalue weighted by molar-refractivity contribution is -0.118. The number of rotatable bonds is 5. The number of hydrogen-bond acceptors (Lipinski definition) is 6. The van der Waals surface area contributed by atoms with Crippen LogP contribution in [0.25, 0.3) is 27.0 Å². The molecule has 0 radical (unpaired) electrons. The molecule has 0 bridgehead atoms. The molecule has 6 nitrogen and oxygen atoms in total. The Kier molecular flexibility index (Phi) is 5.68. The van der Waals surface area contributed by atoms with Gasteiger partial charge in [-0.2, -0.15) is 0 Å². The maximum atomic E-state index is 13.6. The highest BCUT2D eigenvalue weighted by Gasteiger charge is 2.19. The maximum absolute atomic E-state index is 13.6. The third-order valence-corrected chi connectivity index (χ3v) is 6.30. The van der Waals surface area contributed by atoms with Crippen molar-refractivity contribution < 1.29 is 4.79 Å². The summed E-state index contributed by atoms with van der Waals surface area (Å²) in [6, 6.07) is 16.6. The second-order valence-electron chi connectivity index (χ2n) is 6.06. The van der Waals surface area contributed by atoms with Gasteiger partial charge in [0.2, 0.25) is 5.91 Å². The minimum absolute atomic E-state index is 0.0406. The summed E-state index contributed by atoms with van der Waals surface area (Å²) < 4.78 is 1.51. The van der Waals surface area contributed by atoms with E-state index in [9.17, 15) is 9.59 Å². The van der Waals surface area contributed by atoms with Gasteiger partial charge in [0.15, 0.2) is 5.16 Å². The first-order chi connectivity index (χ1) is 14.1. The van der Waals surface area contributed by atoms with Crippen molar-refractivity contribution in [2.45, 2.75) is 5.16 Å². The number of carbonyl (C=O) groups excluding carboxylic acids is 1. The molecule has 4 aromatic rings. The lowest BCUT2D eigenvalue weighted by Crippen LogP contribution is -2.32. The van der Waals surface area contributed by atoms with Crippen molar-refractivity contribution >= 4 is 50.8 Å². The smallest absolute Gasteiger partial charge is 0.268 e. The van der Waals surface area contributed by atoms with E-state index in [0.717, 1.165) is 22.9 Å². The Morgan fingerprint density at radius 1 is 1.17 bits per heavy atom. The van der Waals surface area contributed by atoms with E-state index in [1.165, 1.54) is 15.9 Å². The molecule has 0 spiro atoms. The van der Waals surface area contributed by atoms with Crippen LogP contribution in [0.1, 0.15) is 0 Å². The number of nitrogens with one attached hydrogen (secondary N) is 1. The van der Waals surface area contributed by atoms with Gasteiger partial charge < -0.3 is 0 Å². The van der Waals surface area contributed by atoms with E-state index in [0.29, 0.717) is 26.1 Å². The van der Waals surface area contributed by atoms with Gasteiger partial charge in [-0.15, -0.1) is 11.3 Å². The molecule has 2 aromatic carbocycles. The lowest BCUT2D eigenvalue weighted by atomic mass is 10.1. The predicted molar refractivity (Wildman–Crippen MR) is 119 cm³/mol. The lowest BCUT2D eigenvalue weighted by Gasteiger charge is -2.12. The monoisotopic (exact) mass is 442 g/mol. The molecule has 0 aliphatic carbocycles. The van der Waals surface area contributed by atoms with Crippen LogP contribution in [-0.2, 0) is 4.79 Å². The van der Waals surface area contributed by atoms with Gasteiger partial charge in [0, 0.05) is 16.0 Å². The van der Waals surface area contributed by atoms with Crippen molar-refractivity contribution in [3.8, 4) is 16.8 Å². The fraction of sp³-hybridized carbons (Fsp3) is 0.0500. The van der Waals surface area contributed by atoms with Crippen molar-refractivity contribution in [3.05, 3.63) is 75.4 Å². The summed E-state index contributed by atoms with van der Waals surface area (Å²) >= 11 is 8.56. The zero-order valence-corrected chi connectivity index (χ0v) is 17.4. The van der Waals surface area contributed by atoms with Gasteiger partial charge in [0.1, 0.15) is 4.83 Å². The van der Waals surface area contributed by atoms with E-state index in [1.807, 2.05) is 35.7 Å². The Labute approximate surface area is 179 Å². The Morgan fingerprint density at radius 2 is 1.90 bits per heavy atom. The molecule has 2 heterocycles.